The number of carbonyl (C=O) groups excluding carboxylic acids is 5. The smallest absolute Gasteiger partial charge is 0.326 e. The van der Waals surface area contributed by atoms with Crippen molar-refractivity contribution in [1.29, 1.82) is 0 Å². The van der Waals surface area contributed by atoms with Gasteiger partial charge in [-0.25, -0.2) is 4.79 Å². The maximum Gasteiger partial charge on any atom is 0.326 e. The summed E-state index contributed by atoms with van der Waals surface area (Å²) in [7, 11) is 0. The van der Waals surface area contributed by atoms with Crippen molar-refractivity contribution in [3.63, 3.8) is 0 Å². The second kappa shape index (κ2) is 8.52. The standard InChI is InChI=1S/C20H24N4O6/c1-12-4-2-3-9-20(12)18(28)24(19(29)23-20)10-16(26)30-11-15(25)22-14-7-5-13(6-8-14)17(21)27/h5-8,12H,2-4,9-11H2,1H3,(H2,21,27)(H,22,25)(H,23,29)/t12-,20+/m1/s1. The summed E-state index contributed by atoms with van der Waals surface area (Å²) < 4.78 is 4.90. The Kier molecular flexibility index (Phi) is 6.04. The molecular weight excluding hydrogens is 392 g/mol. The summed E-state index contributed by atoms with van der Waals surface area (Å²) in [6.45, 7) is 0.779. The first-order valence-electron chi connectivity index (χ1n) is 9.72. The number of carbonyl (C=O) groups is 5. The topological polar surface area (TPSA) is 148 Å². The first-order valence-corrected chi connectivity index (χ1v) is 9.72. The predicted octanol–water partition coefficient (Wildman–Crippen LogP) is 0.768. The van der Waals surface area contributed by atoms with Gasteiger partial charge < -0.3 is 21.1 Å². The van der Waals surface area contributed by atoms with Gasteiger partial charge in [-0.3, -0.25) is 24.1 Å². The highest BCUT2D eigenvalue weighted by Gasteiger charge is 2.55. The van der Waals surface area contributed by atoms with Crippen LogP contribution in [0.15, 0.2) is 24.3 Å². The van der Waals surface area contributed by atoms with Crippen LogP contribution in [-0.2, 0) is 19.1 Å². The molecule has 0 aromatic heterocycles. The SMILES string of the molecule is C[C@@H]1CCCC[C@]12NC(=O)N(CC(=O)OCC(=O)Nc1ccc(C(N)=O)cc1)C2=O. The van der Waals surface area contributed by atoms with E-state index in [1.807, 2.05) is 6.92 Å². The lowest BCUT2D eigenvalue weighted by Gasteiger charge is -2.36. The minimum atomic E-state index is -0.954. The van der Waals surface area contributed by atoms with Gasteiger partial charge in [-0.2, -0.15) is 0 Å². The van der Waals surface area contributed by atoms with E-state index in [1.54, 1.807) is 0 Å². The number of amides is 5. The van der Waals surface area contributed by atoms with Crippen molar-refractivity contribution < 1.29 is 28.7 Å². The van der Waals surface area contributed by atoms with Crippen LogP contribution in [0.25, 0.3) is 0 Å². The van der Waals surface area contributed by atoms with Crippen LogP contribution in [0.4, 0.5) is 10.5 Å². The molecule has 1 saturated heterocycles. The van der Waals surface area contributed by atoms with Crippen LogP contribution in [0.1, 0.15) is 43.0 Å². The molecule has 1 aliphatic carbocycles. The average molecular weight is 416 g/mol. The number of urea groups is 1. The quantitative estimate of drug-likeness (QED) is 0.461. The number of ether oxygens (including phenoxy) is 1. The third-order valence-electron chi connectivity index (χ3n) is 5.61. The summed E-state index contributed by atoms with van der Waals surface area (Å²) in [5.41, 5.74) is 4.87. The Balaban J connectivity index is 1.50. The first kappa shape index (κ1) is 21.3. The summed E-state index contributed by atoms with van der Waals surface area (Å²) in [5, 5.41) is 5.25. The monoisotopic (exact) mass is 416 g/mol. The van der Waals surface area contributed by atoms with Crippen LogP contribution < -0.4 is 16.4 Å². The Morgan fingerprint density at radius 3 is 2.57 bits per heavy atom. The molecule has 1 spiro atoms. The molecule has 30 heavy (non-hydrogen) atoms. The lowest BCUT2D eigenvalue weighted by atomic mass is 9.73. The van der Waals surface area contributed by atoms with Gasteiger partial charge in [0.1, 0.15) is 12.1 Å². The van der Waals surface area contributed by atoms with Crippen molar-refractivity contribution in [3.8, 4) is 0 Å². The van der Waals surface area contributed by atoms with Crippen molar-refractivity contribution in [2.24, 2.45) is 11.7 Å². The highest BCUT2D eigenvalue weighted by atomic mass is 16.5. The number of rotatable bonds is 6. The van der Waals surface area contributed by atoms with Crippen LogP contribution in [0.3, 0.4) is 0 Å². The zero-order valence-electron chi connectivity index (χ0n) is 16.6. The molecule has 10 nitrogen and oxygen atoms in total. The summed E-state index contributed by atoms with van der Waals surface area (Å²) in [5.74, 6) is -2.50. The Morgan fingerprint density at radius 1 is 1.23 bits per heavy atom. The van der Waals surface area contributed by atoms with E-state index in [0.717, 1.165) is 24.2 Å². The number of nitrogens with zero attached hydrogens (tertiary/aromatic N) is 1. The average Bonchev–Trinajstić information content (AvgIpc) is 2.94. The molecule has 4 N–H and O–H groups in total. The number of hydrogen-bond acceptors (Lipinski definition) is 6. The zero-order chi connectivity index (χ0) is 21.9. The molecule has 2 aliphatic rings. The van der Waals surface area contributed by atoms with E-state index in [1.165, 1.54) is 24.3 Å². The van der Waals surface area contributed by atoms with Crippen molar-refractivity contribution in [1.82, 2.24) is 10.2 Å². The zero-order valence-corrected chi connectivity index (χ0v) is 16.6. The third kappa shape index (κ3) is 4.27. The Labute approximate surface area is 173 Å². The van der Waals surface area contributed by atoms with Crippen LogP contribution in [0.2, 0.25) is 0 Å². The highest BCUT2D eigenvalue weighted by Crippen LogP contribution is 2.38. The predicted molar refractivity (Wildman–Crippen MR) is 105 cm³/mol. The van der Waals surface area contributed by atoms with Gasteiger partial charge in [0.2, 0.25) is 5.91 Å². The first-order chi connectivity index (χ1) is 14.2. The molecule has 0 unspecified atom stereocenters. The number of esters is 1. The molecule has 2 fully saturated rings. The van der Waals surface area contributed by atoms with E-state index >= 15 is 0 Å². The molecule has 0 radical (unpaired) electrons. The summed E-state index contributed by atoms with van der Waals surface area (Å²) in [6, 6.07) is 5.24. The van der Waals surface area contributed by atoms with E-state index < -0.39 is 48.4 Å². The number of primary amides is 1. The van der Waals surface area contributed by atoms with E-state index in [4.69, 9.17) is 10.5 Å². The molecule has 160 valence electrons. The molecule has 0 bridgehead atoms. The van der Waals surface area contributed by atoms with Crippen molar-refractivity contribution >= 4 is 35.4 Å². The lowest BCUT2D eigenvalue weighted by molar-refractivity contribution is -0.150. The van der Waals surface area contributed by atoms with Gasteiger partial charge in [0, 0.05) is 11.3 Å². The van der Waals surface area contributed by atoms with Crippen LogP contribution in [0.5, 0.6) is 0 Å². The van der Waals surface area contributed by atoms with Gasteiger partial charge in [0.25, 0.3) is 11.8 Å². The molecular formula is C20H24N4O6. The Morgan fingerprint density at radius 2 is 1.93 bits per heavy atom. The Hall–Kier alpha value is -3.43. The fourth-order valence-corrected chi connectivity index (χ4v) is 3.87. The number of imide groups is 1. The maximum atomic E-state index is 12.8. The molecule has 2 atom stereocenters. The second-order valence-electron chi connectivity index (χ2n) is 7.59. The largest absolute Gasteiger partial charge is 0.454 e. The van der Waals surface area contributed by atoms with Crippen LogP contribution in [0, 0.1) is 5.92 Å². The molecule has 1 heterocycles. The van der Waals surface area contributed by atoms with Gasteiger partial charge in [-0.05, 0) is 43.0 Å². The second-order valence-corrected chi connectivity index (χ2v) is 7.59. The summed E-state index contributed by atoms with van der Waals surface area (Å²) in [4.78, 5) is 61.0. The Bertz CT molecular complexity index is 884. The third-order valence-corrected chi connectivity index (χ3v) is 5.61. The molecule has 5 amide bonds. The van der Waals surface area contributed by atoms with E-state index in [0.29, 0.717) is 12.1 Å². The van der Waals surface area contributed by atoms with Gasteiger partial charge in [-0.1, -0.05) is 19.8 Å². The van der Waals surface area contributed by atoms with Crippen molar-refractivity contribution in [2.45, 2.75) is 38.1 Å². The number of nitrogens with one attached hydrogen (secondary N) is 2. The number of hydrogen-bond donors (Lipinski definition) is 3. The summed E-state index contributed by atoms with van der Waals surface area (Å²) >= 11 is 0. The van der Waals surface area contributed by atoms with Gasteiger partial charge in [0.15, 0.2) is 6.61 Å². The fourth-order valence-electron chi connectivity index (χ4n) is 3.87. The maximum absolute atomic E-state index is 12.8. The minimum Gasteiger partial charge on any atom is -0.454 e. The molecule has 10 heteroatoms. The number of nitrogens with two attached hydrogens (primary N) is 1. The van der Waals surface area contributed by atoms with Gasteiger partial charge in [-0.15, -0.1) is 0 Å². The van der Waals surface area contributed by atoms with Crippen molar-refractivity contribution in [2.75, 3.05) is 18.5 Å². The molecule has 1 aromatic carbocycles. The van der Waals surface area contributed by atoms with E-state index in [2.05, 4.69) is 10.6 Å². The molecule has 1 aliphatic heterocycles. The van der Waals surface area contributed by atoms with Gasteiger partial charge >= 0.3 is 12.0 Å². The van der Waals surface area contributed by atoms with Gasteiger partial charge in [0.05, 0.1) is 0 Å². The number of anilines is 1. The minimum absolute atomic E-state index is 0.0181. The molecule has 1 aromatic rings. The highest BCUT2D eigenvalue weighted by molar-refractivity contribution is 6.09. The van der Waals surface area contributed by atoms with Crippen LogP contribution >= 0.6 is 0 Å². The van der Waals surface area contributed by atoms with Crippen molar-refractivity contribution in [3.05, 3.63) is 29.8 Å². The van der Waals surface area contributed by atoms with E-state index in [9.17, 15) is 24.0 Å². The fraction of sp³-hybridized carbons (Fsp3) is 0.450. The van der Waals surface area contributed by atoms with E-state index in [-0.39, 0.29) is 11.5 Å². The number of benzene rings is 1. The lowest BCUT2D eigenvalue weighted by Crippen LogP contribution is -2.54. The molecule has 3 rings (SSSR count). The van der Waals surface area contributed by atoms with Crippen LogP contribution in [-0.4, -0.2) is 53.3 Å². The normalized spacial score (nSPS) is 23.2. The molecule has 1 saturated carbocycles. The summed E-state index contributed by atoms with van der Waals surface area (Å²) in [6.07, 6.45) is 3.19.